The molecule has 0 N–H and O–H groups in total. The molecule has 0 fully saturated rings. The van der Waals surface area contributed by atoms with Gasteiger partial charge in [-0.25, -0.2) is 0 Å². The third-order valence-corrected chi connectivity index (χ3v) is 4.95. The van der Waals surface area contributed by atoms with Crippen LogP contribution in [0.3, 0.4) is 0 Å². The number of rotatable bonds is 2. The summed E-state index contributed by atoms with van der Waals surface area (Å²) in [6.07, 6.45) is 1.68. The van der Waals surface area contributed by atoms with Crippen LogP contribution in [-0.4, -0.2) is 12.8 Å². The minimum Gasteiger partial charge on any atom is -0.347 e. The van der Waals surface area contributed by atoms with Gasteiger partial charge in [0.05, 0.1) is 5.02 Å². The zero-order chi connectivity index (χ0) is 16.8. The summed E-state index contributed by atoms with van der Waals surface area (Å²) in [6, 6.07) is 13.1. The number of benzene rings is 2. The van der Waals surface area contributed by atoms with Crippen molar-refractivity contribution < 1.29 is 4.79 Å². The summed E-state index contributed by atoms with van der Waals surface area (Å²) in [7, 11) is 1.98. The second-order valence-corrected chi connectivity index (χ2v) is 7.06. The van der Waals surface area contributed by atoms with Crippen LogP contribution < -0.4 is 4.90 Å². The first-order chi connectivity index (χ1) is 10.8. The van der Waals surface area contributed by atoms with Crippen LogP contribution in [0.4, 0.5) is 5.69 Å². The third-order valence-electron chi connectivity index (χ3n) is 4.40. The quantitative estimate of drug-likeness (QED) is 0.530. The Morgan fingerprint density at radius 2 is 1.83 bits per heavy atom. The van der Waals surface area contributed by atoms with Gasteiger partial charge in [0.15, 0.2) is 5.78 Å². The average molecular weight is 346 g/mol. The van der Waals surface area contributed by atoms with Crippen molar-refractivity contribution in [2.75, 3.05) is 11.9 Å². The molecule has 1 aliphatic rings. The number of carbonyl (C=O) groups is 1. The Labute approximate surface area is 146 Å². The Morgan fingerprint density at radius 3 is 2.48 bits per heavy atom. The number of likely N-dealkylation sites (N-methyl/N-ethyl adjacent to an activating group) is 1. The first-order valence-electron chi connectivity index (χ1n) is 7.37. The summed E-state index contributed by atoms with van der Waals surface area (Å²) >= 11 is 12.1. The minimum atomic E-state index is -0.236. The maximum Gasteiger partial charge on any atom is 0.189 e. The number of hydrogen-bond donors (Lipinski definition) is 0. The van der Waals surface area contributed by atoms with E-state index in [9.17, 15) is 4.79 Å². The van der Waals surface area contributed by atoms with Gasteiger partial charge in [0.25, 0.3) is 0 Å². The zero-order valence-corrected chi connectivity index (χ0v) is 14.7. The number of nitrogens with zero attached hydrogens (tertiary/aromatic N) is 1. The van der Waals surface area contributed by atoms with Crippen molar-refractivity contribution in [2.45, 2.75) is 19.3 Å². The summed E-state index contributed by atoms with van der Waals surface area (Å²) in [5.41, 5.74) is 3.51. The van der Waals surface area contributed by atoms with Crippen molar-refractivity contribution in [1.82, 2.24) is 0 Å². The standard InChI is InChI=1S/C19H17Cl2NO/c1-19(2)14-6-4-5-7-16(14)22(3)18(19)11-17(23)13-9-8-12(20)10-15(13)21/h4-11H,1-3H3/b18-11+. The smallest absolute Gasteiger partial charge is 0.189 e. The fourth-order valence-electron chi connectivity index (χ4n) is 3.15. The number of hydrogen-bond acceptors (Lipinski definition) is 2. The van der Waals surface area contributed by atoms with Crippen LogP contribution in [0.1, 0.15) is 29.8 Å². The van der Waals surface area contributed by atoms with Crippen molar-refractivity contribution in [3.05, 3.63) is 75.4 Å². The van der Waals surface area contributed by atoms with E-state index < -0.39 is 0 Å². The van der Waals surface area contributed by atoms with Crippen LogP contribution in [-0.2, 0) is 5.41 Å². The number of ketones is 1. The van der Waals surface area contributed by atoms with Gasteiger partial charge < -0.3 is 4.90 Å². The van der Waals surface area contributed by atoms with Crippen LogP contribution in [0.25, 0.3) is 0 Å². The van der Waals surface area contributed by atoms with Gasteiger partial charge >= 0.3 is 0 Å². The summed E-state index contributed by atoms with van der Waals surface area (Å²) < 4.78 is 0. The molecule has 2 nitrogen and oxygen atoms in total. The predicted molar refractivity (Wildman–Crippen MR) is 96.7 cm³/mol. The van der Waals surface area contributed by atoms with Gasteiger partial charge in [0.2, 0.25) is 0 Å². The molecule has 2 aromatic carbocycles. The molecule has 23 heavy (non-hydrogen) atoms. The number of carbonyl (C=O) groups excluding carboxylic acids is 1. The first-order valence-corrected chi connectivity index (χ1v) is 8.13. The molecule has 0 saturated heterocycles. The predicted octanol–water partition coefficient (Wildman–Crippen LogP) is 5.49. The molecule has 3 rings (SSSR count). The lowest BCUT2D eigenvalue weighted by Gasteiger charge is -2.24. The summed E-state index contributed by atoms with van der Waals surface area (Å²) in [5.74, 6) is -0.116. The zero-order valence-electron chi connectivity index (χ0n) is 13.2. The van der Waals surface area contributed by atoms with Gasteiger partial charge in [-0.3, -0.25) is 4.79 Å². The molecule has 1 heterocycles. The Bertz CT molecular complexity index is 824. The van der Waals surface area contributed by atoms with Crippen molar-refractivity contribution in [2.24, 2.45) is 0 Å². The fourth-order valence-corrected chi connectivity index (χ4v) is 3.65. The topological polar surface area (TPSA) is 20.3 Å². The van der Waals surface area contributed by atoms with Crippen molar-refractivity contribution >= 4 is 34.7 Å². The molecule has 1 aliphatic heterocycles. The number of para-hydroxylation sites is 1. The lowest BCUT2D eigenvalue weighted by molar-refractivity contribution is 0.104. The molecule has 0 radical (unpaired) electrons. The highest BCUT2D eigenvalue weighted by Crippen LogP contribution is 2.46. The van der Waals surface area contributed by atoms with E-state index in [1.807, 2.05) is 19.2 Å². The summed E-state index contributed by atoms with van der Waals surface area (Å²) in [4.78, 5) is 14.8. The molecule has 118 valence electrons. The second kappa shape index (κ2) is 5.70. The number of anilines is 1. The van der Waals surface area contributed by atoms with Crippen LogP contribution in [0.5, 0.6) is 0 Å². The van der Waals surface area contributed by atoms with Gasteiger partial charge in [-0.15, -0.1) is 0 Å². The third kappa shape index (κ3) is 2.66. The Morgan fingerprint density at radius 1 is 1.13 bits per heavy atom. The highest BCUT2D eigenvalue weighted by molar-refractivity contribution is 6.37. The summed E-state index contributed by atoms with van der Waals surface area (Å²) in [5, 5.41) is 0.889. The SMILES string of the molecule is CN1/C(=C/C(=O)c2ccc(Cl)cc2Cl)C(C)(C)c2ccccc21. The van der Waals surface area contributed by atoms with Gasteiger partial charge in [-0.05, 0) is 29.8 Å². The number of halogens is 2. The maximum atomic E-state index is 12.7. The molecule has 0 bridgehead atoms. The molecule has 0 saturated carbocycles. The van der Waals surface area contributed by atoms with E-state index in [4.69, 9.17) is 23.2 Å². The second-order valence-electron chi connectivity index (χ2n) is 6.22. The van der Waals surface area contributed by atoms with Crippen LogP contribution in [0, 0.1) is 0 Å². The molecule has 0 spiro atoms. The molecule has 0 unspecified atom stereocenters. The number of fused-ring (bicyclic) bond motifs is 1. The highest BCUT2D eigenvalue weighted by Gasteiger charge is 2.38. The van der Waals surface area contributed by atoms with Gasteiger partial charge in [-0.1, -0.05) is 55.2 Å². The molecule has 4 heteroatoms. The first kappa shape index (κ1) is 16.1. The van der Waals surface area contributed by atoms with Crippen LogP contribution in [0.15, 0.2) is 54.2 Å². The van der Waals surface area contributed by atoms with Gasteiger partial charge in [-0.2, -0.15) is 0 Å². The highest BCUT2D eigenvalue weighted by atomic mass is 35.5. The molecular weight excluding hydrogens is 329 g/mol. The fraction of sp³-hybridized carbons (Fsp3) is 0.211. The molecule has 0 atom stereocenters. The molecule has 0 aliphatic carbocycles. The Balaban J connectivity index is 2.05. The average Bonchev–Trinajstić information content (AvgIpc) is 2.69. The lowest BCUT2D eigenvalue weighted by atomic mass is 9.83. The van der Waals surface area contributed by atoms with Crippen molar-refractivity contribution in [1.29, 1.82) is 0 Å². The van der Waals surface area contributed by atoms with Crippen LogP contribution in [0.2, 0.25) is 10.0 Å². The van der Waals surface area contributed by atoms with E-state index in [2.05, 4.69) is 30.9 Å². The van der Waals surface area contributed by atoms with Crippen molar-refractivity contribution in [3.63, 3.8) is 0 Å². The molecular formula is C19H17Cl2NO. The molecule has 0 aromatic heterocycles. The normalized spacial score (nSPS) is 17.4. The largest absolute Gasteiger partial charge is 0.347 e. The van der Waals surface area contributed by atoms with E-state index in [0.717, 1.165) is 11.4 Å². The van der Waals surface area contributed by atoms with Gasteiger partial charge in [0.1, 0.15) is 0 Å². The van der Waals surface area contributed by atoms with Crippen molar-refractivity contribution in [3.8, 4) is 0 Å². The molecule has 2 aromatic rings. The Kier molecular flexibility index (Phi) is 3.99. The van der Waals surface area contributed by atoms with E-state index >= 15 is 0 Å². The minimum absolute atomic E-state index is 0.116. The molecule has 0 amide bonds. The van der Waals surface area contributed by atoms with E-state index in [-0.39, 0.29) is 11.2 Å². The number of allylic oxidation sites excluding steroid dienone is 2. The van der Waals surface area contributed by atoms with Crippen LogP contribution >= 0.6 is 23.2 Å². The summed E-state index contributed by atoms with van der Waals surface area (Å²) in [6.45, 7) is 4.25. The lowest BCUT2D eigenvalue weighted by Crippen LogP contribution is -2.24. The maximum absolute atomic E-state index is 12.7. The Hall–Kier alpha value is -1.77. The van der Waals surface area contributed by atoms with Gasteiger partial charge in [0, 0.05) is 40.5 Å². The van der Waals surface area contributed by atoms with E-state index in [0.29, 0.717) is 15.6 Å². The van der Waals surface area contributed by atoms with E-state index in [1.54, 1.807) is 24.3 Å². The monoisotopic (exact) mass is 345 g/mol. The van der Waals surface area contributed by atoms with E-state index in [1.165, 1.54) is 5.56 Å².